The minimum absolute atomic E-state index is 0.234. The van der Waals surface area contributed by atoms with E-state index in [1.54, 1.807) is 13.8 Å². The number of aromatic nitrogens is 2. The maximum atomic E-state index is 11.7. The van der Waals surface area contributed by atoms with Gasteiger partial charge in [-0.05, 0) is 33.9 Å². The van der Waals surface area contributed by atoms with Crippen molar-refractivity contribution in [2.24, 2.45) is 0 Å². The Labute approximate surface area is 126 Å². The van der Waals surface area contributed by atoms with Crippen LogP contribution in [0.4, 0.5) is 5.95 Å². The van der Waals surface area contributed by atoms with Crippen molar-refractivity contribution in [2.45, 2.75) is 40.7 Å². The number of likely N-dealkylation sites (N-methyl/N-ethyl adjacent to an activating group) is 1. The van der Waals surface area contributed by atoms with Crippen LogP contribution in [0.15, 0.2) is 6.20 Å². The summed E-state index contributed by atoms with van der Waals surface area (Å²) in [6.07, 6.45) is 1.52. The Morgan fingerprint density at radius 1 is 1.38 bits per heavy atom. The molecule has 1 aromatic rings. The van der Waals surface area contributed by atoms with Crippen molar-refractivity contribution in [3.05, 3.63) is 17.5 Å². The molecule has 0 saturated heterocycles. The summed E-state index contributed by atoms with van der Waals surface area (Å²) >= 11 is 0. The topological polar surface area (TPSA) is 67.3 Å². The Hall–Kier alpha value is -1.69. The molecule has 118 valence electrons. The summed E-state index contributed by atoms with van der Waals surface area (Å²) < 4.78 is 4.97. The smallest absolute Gasteiger partial charge is 0.341 e. The third kappa shape index (κ3) is 5.30. The summed E-state index contributed by atoms with van der Waals surface area (Å²) in [6.45, 7) is 13.3. The zero-order chi connectivity index (χ0) is 15.8. The van der Waals surface area contributed by atoms with Gasteiger partial charge < -0.3 is 15.0 Å². The number of rotatable bonds is 8. The first-order valence-corrected chi connectivity index (χ1v) is 7.51. The minimum Gasteiger partial charge on any atom is -0.462 e. The Morgan fingerprint density at radius 3 is 2.57 bits per heavy atom. The van der Waals surface area contributed by atoms with Crippen LogP contribution in [0.2, 0.25) is 0 Å². The summed E-state index contributed by atoms with van der Waals surface area (Å²) in [7, 11) is 0. The standard InChI is InChI=1S/C15H26N4O2/c1-6-19(7-2)10-11(4)17-15-16-9-13(12(5)18-15)14(20)21-8-3/h9,11H,6-8,10H2,1-5H3,(H,16,17,18). The highest BCUT2D eigenvalue weighted by Crippen LogP contribution is 2.10. The van der Waals surface area contributed by atoms with Crippen LogP contribution in [-0.2, 0) is 4.74 Å². The number of anilines is 1. The second kappa shape index (κ2) is 8.56. The zero-order valence-electron chi connectivity index (χ0n) is 13.6. The number of aryl methyl sites for hydroxylation is 1. The molecule has 6 heteroatoms. The largest absolute Gasteiger partial charge is 0.462 e. The lowest BCUT2D eigenvalue weighted by molar-refractivity contribution is 0.0524. The predicted molar refractivity (Wildman–Crippen MR) is 83.6 cm³/mol. The summed E-state index contributed by atoms with van der Waals surface area (Å²) in [6, 6.07) is 0.234. The molecule has 0 aliphatic carbocycles. The lowest BCUT2D eigenvalue weighted by Gasteiger charge is -2.23. The van der Waals surface area contributed by atoms with Gasteiger partial charge >= 0.3 is 5.97 Å². The van der Waals surface area contributed by atoms with E-state index in [9.17, 15) is 4.79 Å². The van der Waals surface area contributed by atoms with Gasteiger partial charge in [0.1, 0.15) is 0 Å². The summed E-state index contributed by atoms with van der Waals surface area (Å²) in [5, 5.41) is 3.26. The van der Waals surface area contributed by atoms with E-state index in [0.717, 1.165) is 19.6 Å². The first kappa shape index (κ1) is 17.4. The fraction of sp³-hybridized carbons (Fsp3) is 0.667. The van der Waals surface area contributed by atoms with Crippen molar-refractivity contribution in [1.82, 2.24) is 14.9 Å². The first-order chi connectivity index (χ1) is 10.0. The molecule has 21 heavy (non-hydrogen) atoms. The van der Waals surface area contributed by atoms with Crippen molar-refractivity contribution >= 4 is 11.9 Å². The van der Waals surface area contributed by atoms with E-state index in [-0.39, 0.29) is 12.0 Å². The van der Waals surface area contributed by atoms with Gasteiger partial charge in [-0.3, -0.25) is 0 Å². The average molecular weight is 294 g/mol. The van der Waals surface area contributed by atoms with Crippen LogP contribution in [0.25, 0.3) is 0 Å². The van der Waals surface area contributed by atoms with E-state index in [0.29, 0.717) is 23.8 Å². The number of carbonyl (C=O) groups excluding carboxylic acids is 1. The summed E-state index contributed by atoms with van der Waals surface area (Å²) in [5.74, 6) is 0.165. The van der Waals surface area contributed by atoms with Crippen LogP contribution in [-0.4, -0.2) is 53.1 Å². The molecule has 1 unspecified atom stereocenters. The molecule has 0 spiro atoms. The normalized spacial score (nSPS) is 12.3. The molecule has 0 aliphatic heterocycles. The van der Waals surface area contributed by atoms with Crippen molar-refractivity contribution < 1.29 is 9.53 Å². The molecular weight excluding hydrogens is 268 g/mol. The number of esters is 1. The predicted octanol–water partition coefficient (Wildman–Crippen LogP) is 2.10. The summed E-state index contributed by atoms with van der Waals surface area (Å²) in [4.78, 5) is 22.6. The van der Waals surface area contributed by atoms with E-state index in [2.05, 4.69) is 41.0 Å². The second-order valence-corrected chi connectivity index (χ2v) is 4.94. The molecule has 1 atom stereocenters. The van der Waals surface area contributed by atoms with Crippen LogP contribution in [0.3, 0.4) is 0 Å². The van der Waals surface area contributed by atoms with Gasteiger partial charge in [-0.2, -0.15) is 0 Å². The Morgan fingerprint density at radius 2 is 2.05 bits per heavy atom. The van der Waals surface area contributed by atoms with Crippen LogP contribution >= 0.6 is 0 Å². The number of hydrogen-bond acceptors (Lipinski definition) is 6. The molecule has 0 aliphatic rings. The van der Waals surface area contributed by atoms with Gasteiger partial charge in [0.15, 0.2) is 0 Å². The highest BCUT2D eigenvalue weighted by atomic mass is 16.5. The van der Waals surface area contributed by atoms with Crippen molar-refractivity contribution in [1.29, 1.82) is 0 Å². The number of carbonyl (C=O) groups is 1. The van der Waals surface area contributed by atoms with E-state index in [1.165, 1.54) is 6.20 Å². The third-order valence-corrected chi connectivity index (χ3v) is 3.28. The van der Waals surface area contributed by atoms with Crippen molar-refractivity contribution in [3.8, 4) is 0 Å². The molecule has 6 nitrogen and oxygen atoms in total. The fourth-order valence-corrected chi connectivity index (χ4v) is 2.08. The molecular formula is C15H26N4O2. The molecule has 0 radical (unpaired) electrons. The monoisotopic (exact) mass is 294 g/mol. The highest BCUT2D eigenvalue weighted by molar-refractivity contribution is 5.90. The lowest BCUT2D eigenvalue weighted by Crippen LogP contribution is -2.35. The zero-order valence-corrected chi connectivity index (χ0v) is 13.6. The maximum Gasteiger partial charge on any atom is 0.341 e. The molecule has 1 heterocycles. The maximum absolute atomic E-state index is 11.7. The second-order valence-electron chi connectivity index (χ2n) is 4.94. The van der Waals surface area contributed by atoms with Gasteiger partial charge in [0.25, 0.3) is 0 Å². The van der Waals surface area contributed by atoms with Gasteiger partial charge in [-0.15, -0.1) is 0 Å². The van der Waals surface area contributed by atoms with Gasteiger partial charge in [0.2, 0.25) is 5.95 Å². The van der Waals surface area contributed by atoms with Gasteiger partial charge in [-0.25, -0.2) is 14.8 Å². The van der Waals surface area contributed by atoms with E-state index < -0.39 is 0 Å². The molecule has 1 rings (SSSR count). The van der Waals surface area contributed by atoms with Crippen LogP contribution in [0.1, 0.15) is 43.7 Å². The number of hydrogen-bond donors (Lipinski definition) is 1. The molecule has 0 amide bonds. The minimum atomic E-state index is -0.377. The van der Waals surface area contributed by atoms with Crippen LogP contribution < -0.4 is 5.32 Å². The Balaban J connectivity index is 2.69. The molecule has 1 N–H and O–H groups in total. The Kier molecular flexibility index (Phi) is 7.08. The van der Waals surface area contributed by atoms with Gasteiger partial charge in [0.05, 0.1) is 17.9 Å². The van der Waals surface area contributed by atoms with Crippen molar-refractivity contribution in [2.75, 3.05) is 31.6 Å². The van der Waals surface area contributed by atoms with Crippen LogP contribution in [0, 0.1) is 6.92 Å². The van der Waals surface area contributed by atoms with Crippen LogP contribution in [0.5, 0.6) is 0 Å². The molecule has 0 bridgehead atoms. The molecule has 1 aromatic heterocycles. The van der Waals surface area contributed by atoms with Gasteiger partial charge in [-0.1, -0.05) is 13.8 Å². The quantitative estimate of drug-likeness (QED) is 0.741. The molecule has 0 saturated carbocycles. The lowest BCUT2D eigenvalue weighted by atomic mass is 10.2. The number of ether oxygens (including phenoxy) is 1. The van der Waals surface area contributed by atoms with Crippen molar-refractivity contribution in [3.63, 3.8) is 0 Å². The third-order valence-electron chi connectivity index (χ3n) is 3.28. The number of nitrogens with zero attached hydrogens (tertiary/aromatic N) is 3. The summed E-state index contributed by atoms with van der Waals surface area (Å²) in [5.41, 5.74) is 1.04. The number of nitrogens with one attached hydrogen (secondary N) is 1. The van der Waals surface area contributed by atoms with Gasteiger partial charge in [0, 0.05) is 18.8 Å². The van der Waals surface area contributed by atoms with E-state index in [1.807, 2.05) is 0 Å². The first-order valence-electron chi connectivity index (χ1n) is 7.51. The Bertz CT molecular complexity index is 461. The molecule has 0 fully saturated rings. The molecule has 0 aromatic carbocycles. The highest BCUT2D eigenvalue weighted by Gasteiger charge is 2.14. The fourth-order valence-electron chi connectivity index (χ4n) is 2.08. The van der Waals surface area contributed by atoms with E-state index >= 15 is 0 Å². The SMILES string of the molecule is CCOC(=O)c1cnc(NC(C)CN(CC)CC)nc1C. The average Bonchev–Trinajstić information content (AvgIpc) is 2.45. The van der Waals surface area contributed by atoms with E-state index in [4.69, 9.17) is 4.74 Å².